The van der Waals surface area contributed by atoms with Crippen molar-refractivity contribution >= 4 is 26.2 Å². The van der Waals surface area contributed by atoms with E-state index in [0.29, 0.717) is 17.9 Å². The van der Waals surface area contributed by atoms with Gasteiger partial charge in [0.15, 0.2) is 5.78 Å². The van der Waals surface area contributed by atoms with Gasteiger partial charge in [-0.1, -0.05) is 51.5 Å². The number of hydrogen-bond acceptors (Lipinski definition) is 4. The molecule has 132 valence electrons. The highest BCUT2D eigenvalue weighted by Crippen LogP contribution is 2.43. The van der Waals surface area contributed by atoms with E-state index < -0.39 is 20.4 Å². The van der Waals surface area contributed by atoms with E-state index in [1.54, 1.807) is 24.6 Å². The van der Waals surface area contributed by atoms with Gasteiger partial charge in [-0.15, -0.1) is 10.3 Å². The van der Waals surface area contributed by atoms with Gasteiger partial charge >= 0.3 is 0 Å². The van der Waals surface area contributed by atoms with Crippen LogP contribution < -0.4 is 0 Å². The molecule has 0 atom stereocenters. The summed E-state index contributed by atoms with van der Waals surface area (Å²) in [6, 6.07) is 7.50. The number of ketones is 1. The van der Waals surface area contributed by atoms with Crippen molar-refractivity contribution in [3.05, 3.63) is 35.4 Å². The first-order chi connectivity index (χ1) is 10.6. The fraction of sp³-hybridized carbons (Fsp3) is 0.588. The SMILES string of the molecule is CCCCS(=O)(=O)OS(C)(C)CC(=O)c1ccc(C(C)C)cc1. The highest BCUT2D eigenvalue weighted by Gasteiger charge is 2.25. The first-order valence-corrected chi connectivity index (χ1v) is 12.0. The van der Waals surface area contributed by atoms with E-state index >= 15 is 0 Å². The smallest absolute Gasteiger partial charge is 0.276 e. The number of carbonyl (C=O) groups excluding carboxylic acids is 1. The van der Waals surface area contributed by atoms with Crippen LogP contribution in [0.3, 0.4) is 0 Å². The largest absolute Gasteiger partial charge is 0.293 e. The maximum atomic E-state index is 12.4. The molecule has 0 N–H and O–H groups in total. The zero-order valence-electron chi connectivity index (χ0n) is 14.7. The molecule has 1 aromatic rings. The molecule has 1 rings (SSSR count). The summed E-state index contributed by atoms with van der Waals surface area (Å²) < 4.78 is 29.2. The number of hydrogen-bond donors (Lipinski definition) is 0. The minimum absolute atomic E-state index is 0.0111. The Morgan fingerprint density at radius 1 is 1.13 bits per heavy atom. The first kappa shape index (κ1) is 20.2. The van der Waals surface area contributed by atoms with Crippen LogP contribution in [0.25, 0.3) is 0 Å². The van der Waals surface area contributed by atoms with Gasteiger partial charge < -0.3 is 0 Å². The molecule has 0 saturated carbocycles. The maximum absolute atomic E-state index is 12.4. The third-order valence-electron chi connectivity index (χ3n) is 3.41. The van der Waals surface area contributed by atoms with Crippen molar-refractivity contribution in [2.45, 2.75) is 39.5 Å². The standard InChI is InChI=1S/C17H28O4S2/c1-6-7-12-23(19,20)21-22(4,5)13-17(18)16-10-8-15(9-11-16)14(2)3/h8-11,14H,6-7,12-13H2,1-5H3. The van der Waals surface area contributed by atoms with Crippen molar-refractivity contribution < 1.29 is 16.8 Å². The molecule has 6 heteroatoms. The van der Waals surface area contributed by atoms with Crippen LogP contribution >= 0.6 is 10.3 Å². The molecule has 0 aromatic heterocycles. The van der Waals surface area contributed by atoms with Crippen LogP contribution in [-0.2, 0) is 13.7 Å². The molecule has 0 heterocycles. The van der Waals surface area contributed by atoms with Crippen molar-refractivity contribution in [2.75, 3.05) is 24.0 Å². The summed E-state index contributed by atoms with van der Waals surface area (Å²) in [6.07, 6.45) is 4.80. The van der Waals surface area contributed by atoms with Crippen molar-refractivity contribution in [3.63, 3.8) is 0 Å². The fourth-order valence-electron chi connectivity index (χ4n) is 2.11. The average molecular weight is 361 g/mol. The van der Waals surface area contributed by atoms with E-state index in [4.69, 9.17) is 3.63 Å². The summed E-state index contributed by atoms with van der Waals surface area (Å²) in [7, 11) is -5.54. The van der Waals surface area contributed by atoms with E-state index in [2.05, 4.69) is 13.8 Å². The Morgan fingerprint density at radius 2 is 1.70 bits per heavy atom. The Kier molecular flexibility index (Phi) is 7.29. The lowest BCUT2D eigenvalue weighted by Crippen LogP contribution is -2.20. The molecule has 0 radical (unpaired) electrons. The third kappa shape index (κ3) is 7.06. The molecular weight excluding hydrogens is 332 g/mol. The Labute approximate surface area is 142 Å². The van der Waals surface area contributed by atoms with E-state index in [0.717, 1.165) is 6.42 Å². The Hall–Kier alpha value is -0.850. The van der Waals surface area contributed by atoms with E-state index in [-0.39, 0.29) is 17.3 Å². The van der Waals surface area contributed by atoms with E-state index in [1.807, 2.05) is 19.1 Å². The quantitative estimate of drug-likeness (QED) is 0.622. The van der Waals surface area contributed by atoms with E-state index in [9.17, 15) is 13.2 Å². The van der Waals surface area contributed by atoms with Crippen molar-refractivity contribution in [1.82, 2.24) is 0 Å². The normalized spacial score (nSPS) is 13.3. The molecule has 0 aliphatic heterocycles. The second kappa shape index (κ2) is 8.31. The van der Waals surface area contributed by atoms with Gasteiger partial charge in [0, 0.05) is 5.56 Å². The van der Waals surface area contributed by atoms with Crippen molar-refractivity contribution in [3.8, 4) is 0 Å². The summed E-state index contributed by atoms with van der Waals surface area (Å²) in [5.41, 5.74) is 1.77. The van der Waals surface area contributed by atoms with Crippen molar-refractivity contribution in [1.29, 1.82) is 0 Å². The van der Waals surface area contributed by atoms with Gasteiger partial charge in [-0.2, -0.15) is 8.42 Å². The van der Waals surface area contributed by atoms with Crippen LogP contribution in [0.2, 0.25) is 0 Å². The van der Waals surface area contributed by atoms with Crippen LogP contribution in [0.5, 0.6) is 0 Å². The topological polar surface area (TPSA) is 60.4 Å². The second-order valence-corrected chi connectivity index (χ2v) is 11.7. The predicted octanol–water partition coefficient (Wildman–Crippen LogP) is 4.12. The highest BCUT2D eigenvalue weighted by molar-refractivity contribution is 8.32. The van der Waals surface area contributed by atoms with Crippen LogP contribution in [0.4, 0.5) is 0 Å². The monoisotopic (exact) mass is 360 g/mol. The summed E-state index contributed by atoms with van der Waals surface area (Å²) in [6.45, 7) is 6.12. The zero-order chi connectivity index (χ0) is 17.7. The number of unbranched alkanes of at least 4 members (excludes halogenated alkanes) is 1. The van der Waals surface area contributed by atoms with Gasteiger partial charge in [0.05, 0.1) is 11.5 Å². The van der Waals surface area contributed by atoms with Gasteiger partial charge in [-0.3, -0.25) is 4.79 Å². The maximum Gasteiger partial charge on any atom is 0.276 e. The Balaban J connectivity index is 2.74. The zero-order valence-corrected chi connectivity index (χ0v) is 16.3. The summed E-state index contributed by atoms with van der Waals surface area (Å²) in [5, 5.41) is 0. The molecule has 0 amide bonds. The fourth-order valence-corrected chi connectivity index (χ4v) is 6.26. The van der Waals surface area contributed by atoms with Crippen LogP contribution in [0, 0.1) is 0 Å². The minimum Gasteiger partial charge on any atom is -0.293 e. The average Bonchev–Trinajstić information content (AvgIpc) is 2.43. The molecule has 0 saturated heterocycles. The number of benzene rings is 1. The lowest BCUT2D eigenvalue weighted by atomic mass is 10.0. The van der Waals surface area contributed by atoms with Gasteiger partial charge in [0.1, 0.15) is 0 Å². The summed E-state index contributed by atoms with van der Waals surface area (Å²) in [4.78, 5) is 12.4. The molecule has 0 aliphatic rings. The molecule has 0 fully saturated rings. The molecule has 0 unspecified atom stereocenters. The molecule has 0 bridgehead atoms. The number of rotatable bonds is 9. The molecule has 23 heavy (non-hydrogen) atoms. The summed E-state index contributed by atoms with van der Waals surface area (Å²) in [5.74, 6) is 0.454. The van der Waals surface area contributed by atoms with Crippen LogP contribution in [-0.4, -0.2) is 38.2 Å². The number of carbonyl (C=O) groups is 1. The molecule has 4 nitrogen and oxygen atoms in total. The second-order valence-electron chi connectivity index (χ2n) is 6.46. The van der Waals surface area contributed by atoms with Gasteiger partial charge in [0.2, 0.25) is 0 Å². The van der Waals surface area contributed by atoms with Gasteiger partial charge in [-0.25, -0.2) is 3.63 Å². The molecular formula is C17H28O4S2. The van der Waals surface area contributed by atoms with Crippen LogP contribution in [0.1, 0.15) is 55.5 Å². The minimum atomic E-state index is -3.56. The van der Waals surface area contributed by atoms with E-state index in [1.165, 1.54) is 5.56 Å². The highest BCUT2D eigenvalue weighted by atomic mass is 32.3. The lowest BCUT2D eigenvalue weighted by Gasteiger charge is -2.29. The lowest BCUT2D eigenvalue weighted by molar-refractivity contribution is 0.102. The molecule has 0 spiro atoms. The predicted molar refractivity (Wildman–Crippen MR) is 98.9 cm³/mol. The first-order valence-electron chi connectivity index (χ1n) is 7.84. The summed E-state index contributed by atoms with van der Waals surface area (Å²) >= 11 is 0. The Bertz CT molecular complexity index is 616. The van der Waals surface area contributed by atoms with Gasteiger partial charge in [-0.05, 0) is 30.4 Å². The molecule has 0 aliphatic carbocycles. The Morgan fingerprint density at radius 3 is 2.17 bits per heavy atom. The molecule has 1 aromatic carbocycles. The number of Topliss-reactive ketones (excluding diaryl/α,β-unsaturated/α-hetero) is 1. The van der Waals surface area contributed by atoms with Crippen LogP contribution in [0.15, 0.2) is 24.3 Å². The van der Waals surface area contributed by atoms with Gasteiger partial charge in [0.25, 0.3) is 10.1 Å². The third-order valence-corrected chi connectivity index (χ3v) is 7.46. The van der Waals surface area contributed by atoms with Crippen molar-refractivity contribution in [2.24, 2.45) is 0 Å².